The third kappa shape index (κ3) is 1.12. The summed E-state index contributed by atoms with van der Waals surface area (Å²) < 4.78 is 0. The van der Waals surface area contributed by atoms with Crippen LogP contribution in [0.3, 0.4) is 0 Å². The Morgan fingerprint density at radius 3 is 1.89 bits per heavy atom. The van der Waals surface area contributed by atoms with E-state index in [4.69, 9.17) is 10.2 Å². The van der Waals surface area contributed by atoms with E-state index in [-0.39, 0.29) is 13.2 Å². The van der Waals surface area contributed by atoms with E-state index in [0.717, 1.165) is 11.1 Å². The van der Waals surface area contributed by atoms with Gasteiger partial charge in [0.2, 0.25) is 0 Å². The van der Waals surface area contributed by atoms with Gasteiger partial charge in [-0.1, -0.05) is 0 Å². The molecule has 0 unspecified atom stereocenters. The minimum atomic E-state index is -0.0145. The number of aliphatic hydroxyl groups is 2. The number of aromatic nitrogens is 1. The van der Waals surface area contributed by atoms with Gasteiger partial charge in [-0.2, -0.15) is 0 Å². The Hall–Kier alpha value is -0.800. The molecular formula is C6H9NO2. The van der Waals surface area contributed by atoms with Crippen molar-refractivity contribution in [1.29, 1.82) is 0 Å². The summed E-state index contributed by atoms with van der Waals surface area (Å²) in [5.41, 5.74) is 1.52. The topological polar surface area (TPSA) is 56.2 Å². The number of H-pyrrole nitrogens is 1. The molecule has 3 N–H and O–H groups in total. The maximum Gasteiger partial charge on any atom is 0.0700 e. The van der Waals surface area contributed by atoms with E-state index in [1.165, 1.54) is 0 Å². The molecular weight excluding hydrogens is 118 g/mol. The first-order valence-corrected chi connectivity index (χ1v) is 2.74. The molecule has 1 rings (SSSR count). The zero-order valence-electron chi connectivity index (χ0n) is 4.96. The fraction of sp³-hybridized carbons (Fsp3) is 0.333. The summed E-state index contributed by atoms with van der Waals surface area (Å²) in [6.45, 7) is -0.0290. The van der Waals surface area contributed by atoms with Crippen molar-refractivity contribution in [3.8, 4) is 0 Å². The molecule has 0 aliphatic heterocycles. The summed E-state index contributed by atoms with van der Waals surface area (Å²) >= 11 is 0. The van der Waals surface area contributed by atoms with Crippen molar-refractivity contribution in [1.82, 2.24) is 4.98 Å². The highest BCUT2D eigenvalue weighted by atomic mass is 16.3. The molecule has 0 saturated carbocycles. The van der Waals surface area contributed by atoms with Crippen molar-refractivity contribution >= 4 is 0 Å². The maximum absolute atomic E-state index is 8.61. The third-order valence-corrected chi connectivity index (χ3v) is 1.27. The first-order chi connectivity index (χ1) is 4.38. The maximum atomic E-state index is 8.61. The van der Waals surface area contributed by atoms with Crippen molar-refractivity contribution < 1.29 is 10.2 Å². The van der Waals surface area contributed by atoms with Crippen molar-refractivity contribution in [2.24, 2.45) is 0 Å². The van der Waals surface area contributed by atoms with Gasteiger partial charge >= 0.3 is 0 Å². The molecule has 0 radical (unpaired) electrons. The monoisotopic (exact) mass is 127 g/mol. The second kappa shape index (κ2) is 2.66. The van der Waals surface area contributed by atoms with Gasteiger partial charge in [0.15, 0.2) is 0 Å². The molecule has 0 bridgehead atoms. The van der Waals surface area contributed by atoms with Crippen molar-refractivity contribution in [2.75, 3.05) is 0 Å². The summed E-state index contributed by atoms with van der Waals surface area (Å²) in [7, 11) is 0. The molecule has 0 aliphatic rings. The molecule has 1 aromatic rings. The molecule has 0 spiro atoms. The Kier molecular flexibility index (Phi) is 1.87. The lowest BCUT2D eigenvalue weighted by Crippen LogP contribution is -1.86. The normalized spacial score (nSPS) is 10.0. The van der Waals surface area contributed by atoms with Gasteiger partial charge in [0.25, 0.3) is 0 Å². The van der Waals surface area contributed by atoms with Gasteiger partial charge in [0, 0.05) is 23.5 Å². The first-order valence-electron chi connectivity index (χ1n) is 2.74. The van der Waals surface area contributed by atoms with E-state index < -0.39 is 0 Å². The second-order valence-electron chi connectivity index (χ2n) is 1.82. The van der Waals surface area contributed by atoms with Crippen LogP contribution in [0, 0.1) is 0 Å². The molecule has 50 valence electrons. The first kappa shape index (κ1) is 6.32. The lowest BCUT2D eigenvalue weighted by Gasteiger charge is -1.91. The Bertz CT molecular complexity index is 164. The number of aliphatic hydroxyl groups excluding tert-OH is 2. The van der Waals surface area contributed by atoms with Crippen LogP contribution in [0.2, 0.25) is 0 Å². The average molecular weight is 127 g/mol. The summed E-state index contributed by atoms with van der Waals surface area (Å²) in [6.07, 6.45) is 3.34. The van der Waals surface area contributed by atoms with Crippen LogP contribution in [0.4, 0.5) is 0 Å². The lowest BCUT2D eigenvalue weighted by atomic mass is 10.2. The SMILES string of the molecule is OCc1c[nH]cc1CO. The average Bonchev–Trinajstić information content (AvgIpc) is 2.33. The van der Waals surface area contributed by atoms with E-state index in [2.05, 4.69) is 4.98 Å². The number of rotatable bonds is 2. The van der Waals surface area contributed by atoms with Gasteiger partial charge in [-0.25, -0.2) is 0 Å². The lowest BCUT2D eigenvalue weighted by molar-refractivity contribution is 0.261. The number of hydrogen-bond donors (Lipinski definition) is 3. The predicted molar refractivity (Wildman–Crippen MR) is 32.6 cm³/mol. The fourth-order valence-electron chi connectivity index (χ4n) is 0.723. The minimum Gasteiger partial charge on any atom is -0.392 e. The van der Waals surface area contributed by atoms with Gasteiger partial charge < -0.3 is 15.2 Å². The molecule has 1 heterocycles. The number of aromatic amines is 1. The van der Waals surface area contributed by atoms with Crippen LogP contribution >= 0.6 is 0 Å². The predicted octanol–water partition coefficient (Wildman–Crippen LogP) is -0.000700. The molecule has 3 nitrogen and oxygen atoms in total. The van der Waals surface area contributed by atoms with Crippen LogP contribution in [0.15, 0.2) is 12.4 Å². The quantitative estimate of drug-likeness (QED) is 0.523. The highest BCUT2D eigenvalue weighted by Gasteiger charge is 1.98. The van der Waals surface area contributed by atoms with E-state index in [9.17, 15) is 0 Å². The van der Waals surface area contributed by atoms with Crippen molar-refractivity contribution in [3.05, 3.63) is 23.5 Å². The van der Waals surface area contributed by atoms with Crippen LogP contribution in [0.5, 0.6) is 0 Å². The summed E-state index contributed by atoms with van der Waals surface area (Å²) in [6, 6.07) is 0. The van der Waals surface area contributed by atoms with Gasteiger partial charge in [0.05, 0.1) is 13.2 Å². The molecule has 0 saturated heterocycles. The molecule has 3 heteroatoms. The van der Waals surface area contributed by atoms with Crippen LogP contribution in [0.1, 0.15) is 11.1 Å². The van der Waals surface area contributed by atoms with Gasteiger partial charge in [0.1, 0.15) is 0 Å². The molecule has 0 atom stereocenters. The van der Waals surface area contributed by atoms with Crippen molar-refractivity contribution in [2.45, 2.75) is 13.2 Å². The Morgan fingerprint density at radius 2 is 1.56 bits per heavy atom. The molecule has 0 aliphatic carbocycles. The van der Waals surface area contributed by atoms with Gasteiger partial charge in [-0.15, -0.1) is 0 Å². The van der Waals surface area contributed by atoms with Crippen LogP contribution in [-0.4, -0.2) is 15.2 Å². The number of hydrogen-bond acceptors (Lipinski definition) is 2. The zero-order valence-corrected chi connectivity index (χ0v) is 4.96. The Labute approximate surface area is 53.0 Å². The van der Waals surface area contributed by atoms with Crippen molar-refractivity contribution in [3.63, 3.8) is 0 Å². The largest absolute Gasteiger partial charge is 0.392 e. The summed E-state index contributed by atoms with van der Waals surface area (Å²) in [5.74, 6) is 0. The highest BCUT2D eigenvalue weighted by molar-refractivity contribution is 5.20. The highest BCUT2D eigenvalue weighted by Crippen LogP contribution is 2.05. The standard InChI is InChI=1S/C6H9NO2/c8-3-5-1-7-2-6(5)4-9/h1-2,7-9H,3-4H2. The molecule has 0 amide bonds. The Balaban J connectivity index is 2.85. The van der Waals surface area contributed by atoms with Crippen LogP contribution < -0.4 is 0 Å². The van der Waals surface area contributed by atoms with E-state index in [0.29, 0.717) is 0 Å². The third-order valence-electron chi connectivity index (χ3n) is 1.27. The second-order valence-corrected chi connectivity index (χ2v) is 1.82. The zero-order chi connectivity index (χ0) is 6.69. The van der Waals surface area contributed by atoms with E-state index in [1.807, 2.05) is 0 Å². The smallest absolute Gasteiger partial charge is 0.0700 e. The van der Waals surface area contributed by atoms with E-state index >= 15 is 0 Å². The fourth-order valence-corrected chi connectivity index (χ4v) is 0.723. The number of nitrogens with one attached hydrogen (secondary N) is 1. The minimum absolute atomic E-state index is 0.0145. The van der Waals surface area contributed by atoms with Crippen LogP contribution in [-0.2, 0) is 13.2 Å². The van der Waals surface area contributed by atoms with E-state index in [1.54, 1.807) is 12.4 Å². The van der Waals surface area contributed by atoms with Crippen LogP contribution in [0.25, 0.3) is 0 Å². The molecule has 0 fully saturated rings. The summed E-state index contributed by atoms with van der Waals surface area (Å²) in [5, 5.41) is 17.2. The molecule has 1 aromatic heterocycles. The van der Waals surface area contributed by atoms with Gasteiger partial charge in [-0.3, -0.25) is 0 Å². The Morgan fingerprint density at radius 1 is 1.11 bits per heavy atom. The molecule has 0 aromatic carbocycles. The summed E-state index contributed by atoms with van der Waals surface area (Å²) in [4.78, 5) is 2.78. The molecule has 9 heavy (non-hydrogen) atoms. The van der Waals surface area contributed by atoms with Gasteiger partial charge in [-0.05, 0) is 0 Å².